The van der Waals surface area contributed by atoms with Crippen LogP contribution in [0.4, 0.5) is 10.2 Å². The van der Waals surface area contributed by atoms with E-state index in [2.05, 4.69) is 36.3 Å². The Balaban J connectivity index is 1.18. The van der Waals surface area contributed by atoms with Gasteiger partial charge in [0.2, 0.25) is 6.79 Å². The summed E-state index contributed by atoms with van der Waals surface area (Å²) in [6.45, 7) is 4.79. The van der Waals surface area contributed by atoms with E-state index in [1.807, 2.05) is 6.07 Å². The van der Waals surface area contributed by atoms with Crippen LogP contribution < -0.4 is 14.4 Å². The Morgan fingerprint density at radius 1 is 0.938 bits per heavy atom. The molecule has 4 heterocycles. The fourth-order valence-corrected chi connectivity index (χ4v) is 5.06. The van der Waals surface area contributed by atoms with Crippen LogP contribution in [0.25, 0.3) is 21.5 Å². The van der Waals surface area contributed by atoms with Crippen molar-refractivity contribution in [2.75, 3.05) is 37.9 Å². The Hall–Kier alpha value is -3.30. The third kappa shape index (κ3) is 3.53. The van der Waals surface area contributed by atoms with E-state index in [-0.39, 0.29) is 5.82 Å². The van der Waals surface area contributed by atoms with Gasteiger partial charge in [-0.15, -0.1) is 0 Å². The number of anilines is 1. The number of hydrogen-bond acceptors (Lipinski definition) is 8. The molecule has 2 aromatic carbocycles. The van der Waals surface area contributed by atoms with Gasteiger partial charge in [-0.2, -0.15) is 4.37 Å². The van der Waals surface area contributed by atoms with Crippen LogP contribution in [0.5, 0.6) is 11.5 Å². The van der Waals surface area contributed by atoms with Gasteiger partial charge in [0.25, 0.3) is 0 Å². The Morgan fingerprint density at radius 3 is 2.59 bits per heavy atom. The Kier molecular flexibility index (Phi) is 4.84. The molecule has 1 fully saturated rings. The maximum absolute atomic E-state index is 13.3. The smallest absolute Gasteiger partial charge is 0.231 e. The molecule has 0 saturated carbocycles. The minimum atomic E-state index is -0.262. The largest absolute Gasteiger partial charge is 0.454 e. The summed E-state index contributed by atoms with van der Waals surface area (Å²) in [4.78, 5) is 13.8. The van der Waals surface area contributed by atoms with Gasteiger partial charge in [-0.1, -0.05) is 6.07 Å². The highest BCUT2D eigenvalue weighted by Crippen LogP contribution is 2.35. The molecule has 0 bridgehead atoms. The number of ether oxygens (including phenoxy) is 2. The van der Waals surface area contributed by atoms with Gasteiger partial charge in [0, 0.05) is 38.3 Å². The van der Waals surface area contributed by atoms with Crippen LogP contribution in [0, 0.1) is 5.82 Å². The number of nitrogens with zero attached hydrogens (tertiary/aromatic N) is 5. The van der Waals surface area contributed by atoms with Crippen molar-refractivity contribution in [3.05, 3.63) is 60.2 Å². The summed E-state index contributed by atoms with van der Waals surface area (Å²) in [7, 11) is 0. The average molecular weight is 450 g/mol. The Morgan fingerprint density at radius 2 is 1.75 bits per heavy atom. The third-order valence-electron chi connectivity index (χ3n) is 5.87. The molecule has 2 aliphatic heterocycles. The van der Waals surface area contributed by atoms with Gasteiger partial charge in [0.05, 0.1) is 0 Å². The number of aromatic nitrogens is 3. The van der Waals surface area contributed by atoms with E-state index >= 15 is 0 Å². The molecule has 1 saturated heterocycles. The highest BCUT2D eigenvalue weighted by Gasteiger charge is 2.23. The fraction of sp³-hybridized carbons (Fsp3) is 0.261. The van der Waals surface area contributed by atoms with Crippen molar-refractivity contribution >= 4 is 27.6 Å². The minimum absolute atomic E-state index is 0.262. The number of piperazine rings is 1. The second-order valence-electron chi connectivity index (χ2n) is 7.86. The summed E-state index contributed by atoms with van der Waals surface area (Å²) in [6, 6.07) is 12.5. The van der Waals surface area contributed by atoms with Gasteiger partial charge in [0.1, 0.15) is 28.1 Å². The van der Waals surface area contributed by atoms with E-state index in [1.165, 1.54) is 29.2 Å². The topological polar surface area (TPSA) is 63.6 Å². The zero-order valence-electron chi connectivity index (χ0n) is 17.2. The summed E-state index contributed by atoms with van der Waals surface area (Å²) in [5.74, 6) is 2.30. The third-order valence-corrected chi connectivity index (χ3v) is 6.70. The van der Waals surface area contributed by atoms with E-state index in [4.69, 9.17) is 9.47 Å². The molecular formula is C23H20FN5O2S. The summed E-state index contributed by atoms with van der Waals surface area (Å²) in [5.41, 5.74) is 3.67. The van der Waals surface area contributed by atoms with Crippen molar-refractivity contribution < 1.29 is 13.9 Å². The summed E-state index contributed by atoms with van der Waals surface area (Å²) in [5, 5.41) is 0. The molecule has 32 heavy (non-hydrogen) atoms. The molecule has 0 spiro atoms. The Bertz CT molecular complexity index is 1270. The average Bonchev–Trinajstić information content (AvgIpc) is 3.47. The lowest BCUT2D eigenvalue weighted by Crippen LogP contribution is -2.46. The molecule has 6 rings (SSSR count). The van der Waals surface area contributed by atoms with Crippen LogP contribution in [0.2, 0.25) is 0 Å². The van der Waals surface area contributed by atoms with Crippen molar-refractivity contribution in [3.8, 4) is 22.8 Å². The van der Waals surface area contributed by atoms with Crippen molar-refractivity contribution in [1.82, 2.24) is 19.2 Å². The second-order valence-corrected chi connectivity index (χ2v) is 8.64. The van der Waals surface area contributed by atoms with E-state index in [0.717, 1.165) is 71.5 Å². The van der Waals surface area contributed by atoms with Crippen molar-refractivity contribution in [1.29, 1.82) is 0 Å². The predicted octanol–water partition coefficient (Wildman–Crippen LogP) is 3.94. The van der Waals surface area contributed by atoms with Crippen LogP contribution in [-0.4, -0.2) is 52.2 Å². The van der Waals surface area contributed by atoms with Crippen LogP contribution in [0.3, 0.4) is 0 Å². The summed E-state index contributed by atoms with van der Waals surface area (Å²) < 4.78 is 29.8. The molecule has 9 heteroatoms. The van der Waals surface area contributed by atoms with Crippen LogP contribution in [0.1, 0.15) is 5.56 Å². The molecule has 0 N–H and O–H groups in total. The number of halogens is 1. The molecule has 0 aliphatic carbocycles. The molecule has 162 valence electrons. The van der Waals surface area contributed by atoms with Gasteiger partial charge < -0.3 is 14.4 Å². The maximum atomic E-state index is 13.3. The molecule has 0 radical (unpaired) electrons. The Labute approximate surface area is 188 Å². The van der Waals surface area contributed by atoms with Crippen LogP contribution in [0.15, 0.2) is 48.8 Å². The first-order valence-electron chi connectivity index (χ1n) is 10.5. The molecule has 2 aromatic heterocycles. The lowest BCUT2D eigenvalue weighted by molar-refractivity contribution is 0.174. The van der Waals surface area contributed by atoms with Crippen molar-refractivity contribution in [2.45, 2.75) is 6.54 Å². The fourth-order valence-electron chi connectivity index (χ4n) is 4.19. The molecule has 0 atom stereocenters. The highest BCUT2D eigenvalue weighted by molar-refractivity contribution is 7.14. The van der Waals surface area contributed by atoms with E-state index in [0.29, 0.717) is 6.79 Å². The zero-order valence-corrected chi connectivity index (χ0v) is 18.0. The quantitative estimate of drug-likeness (QED) is 0.468. The molecular weight excluding hydrogens is 429 g/mol. The lowest BCUT2D eigenvalue weighted by Gasteiger charge is -2.35. The SMILES string of the molecule is Fc1ccc(-c2nsc3c(N4CCN(Cc5ccc6c(c5)OCO6)CC4)ncnc23)cc1. The first-order valence-corrected chi connectivity index (χ1v) is 11.2. The second kappa shape index (κ2) is 7.99. The molecule has 0 unspecified atom stereocenters. The standard InChI is InChI=1S/C23H20FN5O2S/c24-17-4-2-16(3-5-17)20-21-22(32-27-20)23(26-13-25-21)29-9-7-28(8-10-29)12-15-1-6-18-19(11-15)31-14-30-18/h1-6,11,13H,7-10,12,14H2. The molecule has 0 amide bonds. The molecule has 2 aliphatic rings. The highest BCUT2D eigenvalue weighted by atomic mass is 32.1. The zero-order chi connectivity index (χ0) is 21.5. The normalized spacial score (nSPS) is 16.1. The van der Waals surface area contributed by atoms with E-state index in [9.17, 15) is 4.39 Å². The molecule has 4 aromatic rings. The minimum Gasteiger partial charge on any atom is -0.454 e. The maximum Gasteiger partial charge on any atom is 0.231 e. The lowest BCUT2D eigenvalue weighted by atomic mass is 10.1. The summed E-state index contributed by atoms with van der Waals surface area (Å²) in [6.07, 6.45) is 1.60. The van der Waals surface area contributed by atoms with Crippen molar-refractivity contribution in [3.63, 3.8) is 0 Å². The first kappa shape index (κ1) is 19.4. The van der Waals surface area contributed by atoms with Crippen LogP contribution >= 0.6 is 11.5 Å². The first-order chi connectivity index (χ1) is 15.7. The van der Waals surface area contributed by atoms with E-state index < -0.39 is 0 Å². The van der Waals surface area contributed by atoms with Gasteiger partial charge in [-0.05, 0) is 53.5 Å². The molecule has 7 nitrogen and oxygen atoms in total. The monoisotopic (exact) mass is 449 g/mol. The van der Waals surface area contributed by atoms with Gasteiger partial charge >= 0.3 is 0 Å². The number of fused-ring (bicyclic) bond motifs is 2. The summed E-state index contributed by atoms with van der Waals surface area (Å²) >= 11 is 1.40. The number of hydrogen-bond donors (Lipinski definition) is 0. The van der Waals surface area contributed by atoms with Crippen molar-refractivity contribution in [2.24, 2.45) is 0 Å². The van der Waals surface area contributed by atoms with Gasteiger partial charge in [-0.3, -0.25) is 4.90 Å². The van der Waals surface area contributed by atoms with Crippen LogP contribution in [-0.2, 0) is 6.54 Å². The van der Waals surface area contributed by atoms with E-state index in [1.54, 1.807) is 18.5 Å². The number of rotatable bonds is 4. The predicted molar refractivity (Wildman–Crippen MR) is 121 cm³/mol. The van der Waals surface area contributed by atoms with Gasteiger partial charge in [-0.25, -0.2) is 14.4 Å². The number of benzene rings is 2. The van der Waals surface area contributed by atoms with Gasteiger partial charge in [0.15, 0.2) is 17.3 Å².